The van der Waals surface area contributed by atoms with Crippen LogP contribution in [0.25, 0.3) is 0 Å². The van der Waals surface area contributed by atoms with E-state index in [1.165, 1.54) is 6.08 Å². The number of para-hydroxylation sites is 1. The molecule has 0 saturated carbocycles. The summed E-state index contributed by atoms with van der Waals surface area (Å²) in [7, 11) is 0. The third-order valence-corrected chi connectivity index (χ3v) is 4.61. The van der Waals surface area contributed by atoms with Crippen LogP contribution in [0.4, 0.5) is 13.2 Å². The van der Waals surface area contributed by atoms with Crippen molar-refractivity contribution < 1.29 is 22.7 Å². The molecule has 0 spiro atoms. The average molecular weight is 396 g/mol. The number of halogens is 3. The number of carbonyl (C=O) groups excluding carboxylic acids is 1. The van der Waals surface area contributed by atoms with Gasteiger partial charge in [-0.15, -0.1) is 0 Å². The maximum Gasteiger partial charge on any atom is 0.433 e. The van der Waals surface area contributed by atoms with E-state index in [1.54, 1.807) is 48.5 Å². The van der Waals surface area contributed by atoms with Gasteiger partial charge in [0.05, 0.1) is 5.71 Å². The Morgan fingerprint density at radius 3 is 2.55 bits per heavy atom. The quantitative estimate of drug-likeness (QED) is 0.547. The highest BCUT2D eigenvalue weighted by molar-refractivity contribution is 6.17. The number of nitrogens with zero attached hydrogens (tertiary/aromatic N) is 2. The van der Waals surface area contributed by atoms with Crippen molar-refractivity contribution in [3.8, 4) is 5.75 Å². The highest BCUT2D eigenvalue weighted by Crippen LogP contribution is 2.34. The van der Waals surface area contributed by atoms with E-state index in [4.69, 9.17) is 4.74 Å². The molecule has 0 saturated heterocycles. The maximum absolute atomic E-state index is 13.1. The molecule has 0 N–H and O–H groups in total. The lowest BCUT2D eigenvalue weighted by Crippen LogP contribution is -2.29. The third-order valence-electron chi connectivity index (χ3n) is 4.61. The van der Waals surface area contributed by atoms with E-state index in [9.17, 15) is 18.0 Å². The molecule has 29 heavy (non-hydrogen) atoms. The second-order valence-corrected chi connectivity index (χ2v) is 6.51. The van der Waals surface area contributed by atoms with Crippen LogP contribution in [0.5, 0.6) is 5.75 Å². The van der Waals surface area contributed by atoms with Crippen molar-refractivity contribution in [1.29, 1.82) is 0 Å². The number of allylic oxidation sites excluding steroid dienone is 2. The first kappa shape index (κ1) is 18.9. The smallest absolute Gasteiger partial charge is 0.433 e. The van der Waals surface area contributed by atoms with Gasteiger partial charge < -0.3 is 4.74 Å². The first-order valence-corrected chi connectivity index (χ1v) is 8.85. The van der Waals surface area contributed by atoms with Gasteiger partial charge in [0.1, 0.15) is 17.5 Å². The molecular formula is C22H15F3N2O2. The van der Waals surface area contributed by atoms with Crippen molar-refractivity contribution in [3.05, 3.63) is 89.6 Å². The molecule has 2 aliphatic heterocycles. The molecule has 2 aliphatic rings. The van der Waals surface area contributed by atoms with Crippen molar-refractivity contribution in [1.82, 2.24) is 0 Å². The number of rotatable bonds is 3. The highest BCUT2D eigenvalue weighted by atomic mass is 19.4. The summed E-state index contributed by atoms with van der Waals surface area (Å²) >= 11 is 0. The Balaban J connectivity index is 1.80. The van der Waals surface area contributed by atoms with Gasteiger partial charge in [-0.25, -0.2) is 4.99 Å². The van der Waals surface area contributed by atoms with Crippen molar-refractivity contribution in [2.45, 2.75) is 18.6 Å². The molecule has 4 rings (SSSR count). The number of alkyl halides is 3. The van der Waals surface area contributed by atoms with Crippen molar-refractivity contribution in [3.63, 3.8) is 0 Å². The number of hydrogen-bond acceptors (Lipinski definition) is 4. The molecule has 2 aromatic carbocycles. The van der Waals surface area contributed by atoms with Crippen molar-refractivity contribution in [2.24, 2.45) is 9.98 Å². The van der Waals surface area contributed by atoms with Crippen LogP contribution in [0, 0.1) is 0 Å². The molecule has 0 aliphatic carbocycles. The van der Waals surface area contributed by atoms with Crippen LogP contribution in [0.3, 0.4) is 0 Å². The molecule has 1 atom stereocenters. The minimum atomic E-state index is -4.55. The molecule has 7 heteroatoms. The van der Waals surface area contributed by atoms with E-state index in [1.807, 2.05) is 0 Å². The Morgan fingerprint density at radius 2 is 1.86 bits per heavy atom. The number of ether oxygens (including phenoxy) is 1. The standard InChI is InChI=1S/C22H15F3N2O2/c1-2-17(28)13-7-9-14(10-8-13)20-15-5-3-4-6-18(15)29-21-16(26-20)11-12-19(27-21)22(23,24)25/h2-10,12,16H,1,11H2. The Kier molecular flexibility index (Phi) is 4.66. The lowest BCUT2D eigenvalue weighted by molar-refractivity contribution is -0.0929. The molecule has 0 bridgehead atoms. The lowest BCUT2D eigenvalue weighted by atomic mass is 9.99. The molecule has 0 radical (unpaired) electrons. The van der Waals surface area contributed by atoms with Gasteiger partial charge in [-0.2, -0.15) is 13.2 Å². The van der Waals surface area contributed by atoms with Crippen LogP contribution < -0.4 is 4.74 Å². The van der Waals surface area contributed by atoms with Crippen LogP contribution >= 0.6 is 0 Å². The summed E-state index contributed by atoms with van der Waals surface area (Å²) in [5.74, 6) is 0.0949. The Bertz CT molecular complexity index is 1080. The molecule has 0 aromatic heterocycles. The lowest BCUT2D eigenvalue weighted by Gasteiger charge is -2.19. The van der Waals surface area contributed by atoms with Crippen LogP contribution in [-0.4, -0.2) is 29.6 Å². The second kappa shape index (κ2) is 7.16. The fraction of sp³-hybridized carbons (Fsp3) is 0.136. The minimum Gasteiger partial charge on any atom is -0.440 e. The van der Waals surface area contributed by atoms with Gasteiger partial charge in [-0.3, -0.25) is 9.79 Å². The third kappa shape index (κ3) is 3.63. The van der Waals surface area contributed by atoms with Gasteiger partial charge in [-0.05, 0) is 24.6 Å². The van der Waals surface area contributed by atoms with Crippen LogP contribution in [0.15, 0.2) is 82.9 Å². The summed E-state index contributed by atoms with van der Waals surface area (Å²) in [6.07, 6.45) is -2.26. The van der Waals surface area contributed by atoms with Gasteiger partial charge in [0.2, 0.25) is 5.90 Å². The first-order chi connectivity index (χ1) is 13.9. The normalized spacial score (nSPS) is 18.2. The van der Waals surface area contributed by atoms with E-state index < -0.39 is 17.9 Å². The Hall–Kier alpha value is -3.48. The largest absolute Gasteiger partial charge is 0.440 e. The van der Waals surface area contributed by atoms with E-state index in [2.05, 4.69) is 16.6 Å². The van der Waals surface area contributed by atoms with Gasteiger partial charge in [0.15, 0.2) is 5.78 Å². The zero-order valence-corrected chi connectivity index (χ0v) is 15.1. The van der Waals surface area contributed by atoms with Gasteiger partial charge >= 0.3 is 6.18 Å². The summed E-state index contributed by atoms with van der Waals surface area (Å²) < 4.78 is 45.0. The average Bonchev–Trinajstić information content (AvgIpc) is 2.88. The minimum absolute atomic E-state index is 0.0260. The number of fused-ring (bicyclic) bond motifs is 2. The summed E-state index contributed by atoms with van der Waals surface area (Å²) in [4.78, 5) is 20.1. The van der Waals surface area contributed by atoms with Crippen LogP contribution in [0.2, 0.25) is 0 Å². The van der Waals surface area contributed by atoms with Gasteiger partial charge in [0, 0.05) is 16.7 Å². The zero-order chi connectivity index (χ0) is 20.6. The topological polar surface area (TPSA) is 51.0 Å². The molecule has 1 unspecified atom stereocenters. The van der Waals surface area contributed by atoms with Crippen LogP contribution in [0.1, 0.15) is 27.9 Å². The number of aliphatic imine (C=N–C) groups is 2. The Morgan fingerprint density at radius 1 is 1.14 bits per heavy atom. The van der Waals surface area contributed by atoms with Gasteiger partial charge in [0.25, 0.3) is 0 Å². The molecule has 2 heterocycles. The van der Waals surface area contributed by atoms with E-state index in [0.29, 0.717) is 28.2 Å². The monoisotopic (exact) mass is 396 g/mol. The fourth-order valence-corrected chi connectivity index (χ4v) is 3.17. The van der Waals surface area contributed by atoms with E-state index >= 15 is 0 Å². The van der Waals surface area contributed by atoms with Crippen LogP contribution in [-0.2, 0) is 0 Å². The molecule has 0 fully saturated rings. The highest BCUT2D eigenvalue weighted by Gasteiger charge is 2.38. The van der Waals surface area contributed by atoms with E-state index in [-0.39, 0.29) is 18.1 Å². The predicted molar refractivity (Wildman–Crippen MR) is 104 cm³/mol. The summed E-state index contributed by atoms with van der Waals surface area (Å²) in [5, 5.41) is 0. The Labute approximate surface area is 164 Å². The number of ketones is 1. The molecule has 4 nitrogen and oxygen atoms in total. The molecule has 146 valence electrons. The first-order valence-electron chi connectivity index (χ1n) is 8.85. The maximum atomic E-state index is 13.1. The molecule has 0 amide bonds. The molecular weight excluding hydrogens is 381 g/mol. The number of benzene rings is 2. The van der Waals surface area contributed by atoms with Gasteiger partial charge in [-0.1, -0.05) is 49.1 Å². The summed E-state index contributed by atoms with van der Waals surface area (Å²) in [5.41, 5.74) is 1.43. The fourth-order valence-electron chi connectivity index (χ4n) is 3.17. The predicted octanol–water partition coefficient (Wildman–Crippen LogP) is 4.90. The number of carbonyl (C=O) groups is 1. The molecule has 2 aromatic rings. The summed E-state index contributed by atoms with van der Waals surface area (Å²) in [6, 6.07) is 13.1. The zero-order valence-electron chi connectivity index (χ0n) is 15.1. The SMILES string of the molecule is C=CC(=O)c1ccc(C2=NC3CC=C(C(F)(F)F)N=C3Oc3ccccc32)cc1. The summed E-state index contributed by atoms with van der Waals surface area (Å²) in [6.45, 7) is 3.47. The van der Waals surface area contributed by atoms with Crippen molar-refractivity contribution >= 4 is 17.4 Å². The second-order valence-electron chi connectivity index (χ2n) is 6.51. The van der Waals surface area contributed by atoms with Crippen molar-refractivity contribution in [2.75, 3.05) is 0 Å². The number of hydrogen-bond donors (Lipinski definition) is 0. The van der Waals surface area contributed by atoms with E-state index in [0.717, 1.165) is 6.08 Å².